The molecule has 0 N–H and O–H groups in total. The second kappa shape index (κ2) is 7.99. The molecule has 0 radical (unpaired) electrons. The zero-order valence-corrected chi connectivity index (χ0v) is 10.3. The van der Waals surface area contributed by atoms with Crippen LogP contribution in [-0.4, -0.2) is 20.2 Å². The van der Waals surface area contributed by atoms with Crippen molar-refractivity contribution in [2.45, 2.75) is 6.92 Å². The lowest BCUT2D eigenvalue weighted by atomic mass is 10.2. The molecule has 0 spiro atoms. The van der Waals surface area contributed by atoms with E-state index in [9.17, 15) is 4.39 Å². The van der Waals surface area contributed by atoms with Crippen molar-refractivity contribution < 1.29 is 9.13 Å². The van der Waals surface area contributed by atoms with Crippen LogP contribution in [0.3, 0.4) is 0 Å². The quantitative estimate of drug-likeness (QED) is 0.788. The van der Waals surface area contributed by atoms with Crippen LogP contribution in [0.1, 0.15) is 6.92 Å². The summed E-state index contributed by atoms with van der Waals surface area (Å²) in [6, 6.07) is 7.73. The molecule has 0 saturated carbocycles. The third kappa shape index (κ3) is 3.74. The van der Waals surface area contributed by atoms with E-state index in [1.165, 1.54) is 6.08 Å². The summed E-state index contributed by atoms with van der Waals surface area (Å²) in [5, 5.41) is 0. The zero-order valence-electron chi connectivity index (χ0n) is 9.52. The van der Waals surface area contributed by atoms with Crippen LogP contribution in [0, 0.1) is 0 Å². The van der Waals surface area contributed by atoms with Crippen LogP contribution in [0.5, 0.6) is 5.75 Å². The van der Waals surface area contributed by atoms with Gasteiger partial charge in [-0.25, -0.2) is 4.39 Å². The van der Waals surface area contributed by atoms with Crippen LogP contribution in [0.4, 0.5) is 10.1 Å². The standard InChI is InChI=1S/C12H16FNO.ClH/c1-3-14(10-6-9-13)11-7-4-5-8-12(11)15-2;/h4-9H,3,10H2,1-2H3;1H/b9-6+;. The van der Waals surface area contributed by atoms with Gasteiger partial charge in [0.2, 0.25) is 0 Å². The van der Waals surface area contributed by atoms with Crippen molar-refractivity contribution in [1.29, 1.82) is 0 Å². The highest BCUT2D eigenvalue weighted by molar-refractivity contribution is 5.85. The first-order valence-corrected chi connectivity index (χ1v) is 4.96. The smallest absolute Gasteiger partial charge is 0.142 e. The fourth-order valence-electron chi connectivity index (χ4n) is 1.46. The van der Waals surface area contributed by atoms with Gasteiger partial charge in [-0.1, -0.05) is 12.1 Å². The van der Waals surface area contributed by atoms with Crippen LogP contribution in [-0.2, 0) is 0 Å². The van der Waals surface area contributed by atoms with Crippen molar-refractivity contribution >= 4 is 18.1 Å². The number of rotatable bonds is 5. The number of nitrogens with zero attached hydrogens (tertiary/aromatic N) is 1. The minimum Gasteiger partial charge on any atom is -0.495 e. The van der Waals surface area contributed by atoms with E-state index in [1.807, 2.05) is 36.1 Å². The van der Waals surface area contributed by atoms with Gasteiger partial charge in [0.25, 0.3) is 0 Å². The number of halogens is 2. The first kappa shape index (κ1) is 14.8. The van der Waals surface area contributed by atoms with E-state index in [-0.39, 0.29) is 12.4 Å². The lowest BCUT2D eigenvalue weighted by Gasteiger charge is -2.23. The molecule has 0 fully saturated rings. The molecule has 0 aliphatic carbocycles. The molecule has 0 saturated heterocycles. The number of benzene rings is 1. The normalized spacial score (nSPS) is 9.94. The summed E-state index contributed by atoms with van der Waals surface area (Å²) >= 11 is 0. The number of anilines is 1. The van der Waals surface area contributed by atoms with Gasteiger partial charge in [-0.05, 0) is 25.1 Å². The number of ether oxygens (including phenoxy) is 1. The Morgan fingerprint density at radius 1 is 1.38 bits per heavy atom. The van der Waals surface area contributed by atoms with E-state index >= 15 is 0 Å². The molecule has 1 rings (SSSR count). The minimum absolute atomic E-state index is 0. The second-order valence-corrected chi connectivity index (χ2v) is 3.07. The Morgan fingerprint density at radius 2 is 2.06 bits per heavy atom. The predicted molar refractivity (Wildman–Crippen MR) is 68.4 cm³/mol. The second-order valence-electron chi connectivity index (χ2n) is 3.07. The SMILES string of the molecule is CCN(C/C=C/F)c1ccccc1OC.Cl. The van der Waals surface area contributed by atoms with E-state index in [0.29, 0.717) is 12.9 Å². The van der Waals surface area contributed by atoms with E-state index in [2.05, 4.69) is 0 Å². The summed E-state index contributed by atoms with van der Waals surface area (Å²) in [6.45, 7) is 3.39. The van der Waals surface area contributed by atoms with Gasteiger partial charge in [-0.2, -0.15) is 0 Å². The number of hydrogen-bond donors (Lipinski definition) is 0. The maximum atomic E-state index is 11.9. The molecule has 0 aliphatic rings. The Morgan fingerprint density at radius 3 is 2.62 bits per heavy atom. The molecule has 1 aromatic rings. The van der Waals surface area contributed by atoms with Crippen LogP contribution < -0.4 is 9.64 Å². The first-order chi connectivity index (χ1) is 7.33. The number of likely N-dealkylation sites (N-methyl/N-ethyl adjacent to an activating group) is 1. The van der Waals surface area contributed by atoms with Gasteiger partial charge >= 0.3 is 0 Å². The summed E-state index contributed by atoms with van der Waals surface area (Å²) in [5.74, 6) is 0.812. The van der Waals surface area contributed by atoms with Gasteiger partial charge in [0.15, 0.2) is 0 Å². The Balaban J connectivity index is 0.00000225. The van der Waals surface area contributed by atoms with Crippen LogP contribution in [0.15, 0.2) is 36.7 Å². The molecule has 4 heteroatoms. The number of hydrogen-bond acceptors (Lipinski definition) is 2. The Hall–Kier alpha value is -1.22. The highest BCUT2D eigenvalue weighted by Crippen LogP contribution is 2.27. The zero-order chi connectivity index (χ0) is 11.1. The summed E-state index contributed by atoms with van der Waals surface area (Å²) in [6.07, 6.45) is 2.05. The number of para-hydroxylation sites is 2. The molecule has 0 bridgehead atoms. The fourth-order valence-corrected chi connectivity index (χ4v) is 1.46. The summed E-state index contributed by atoms with van der Waals surface area (Å²) in [7, 11) is 1.64. The topological polar surface area (TPSA) is 12.5 Å². The summed E-state index contributed by atoms with van der Waals surface area (Å²) in [5.41, 5.74) is 0.987. The van der Waals surface area contributed by atoms with Crippen molar-refractivity contribution in [2.75, 3.05) is 25.1 Å². The average Bonchev–Trinajstić information content (AvgIpc) is 2.30. The molecule has 0 amide bonds. The maximum absolute atomic E-state index is 11.9. The minimum atomic E-state index is 0. The molecule has 90 valence electrons. The van der Waals surface area contributed by atoms with E-state index in [0.717, 1.165) is 18.0 Å². The van der Waals surface area contributed by atoms with Crippen LogP contribution >= 0.6 is 12.4 Å². The molecular formula is C12H17ClFNO. The largest absolute Gasteiger partial charge is 0.495 e. The van der Waals surface area contributed by atoms with Gasteiger partial charge < -0.3 is 9.64 Å². The van der Waals surface area contributed by atoms with Crippen molar-refractivity contribution in [2.24, 2.45) is 0 Å². The summed E-state index contributed by atoms with van der Waals surface area (Å²) < 4.78 is 17.2. The molecule has 1 aromatic carbocycles. The van der Waals surface area contributed by atoms with Gasteiger partial charge in [-0.3, -0.25) is 0 Å². The van der Waals surface area contributed by atoms with E-state index in [4.69, 9.17) is 4.74 Å². The molecule has 0 heterocycles. The van der Waals surface area contributed by atoms with Gasteiger partial charge in [0.05, 0.1) is 19.1 Å². The molecule has 0 aromatic heterocycles. The average molecular weight is 246 g/mol. The van der Waals surface area contributed by atoms with Crippen molar-refractivity contribution in [3.05, 3.63) is 36.7 Å². The lowest BCUT2D eigenvalue weighted by molar-refractivity contribution is 0.414. The molecule has 0 aliphatic heterocycles. The number of methoxy groups -OCH3 is 1. The molecule has 2 nitrogen and oxygen atoms in total. The monoisotopic (exact) mass is 245 g/mol. The van der Waals surface area contributed by atoms with Crippen LogP contribution in [0.25, 0.3) is 0 Å². The van der Waals surface area contributed by atoms with Crippen molar-refractivity contribution in [3.8, 4) is 5.75 Å². The van der Waals surface area contributed by atoms with Gasteiger partial charge in [-0.15, -0.1) is 12.4 Å². The maximum Gasteiger partial charge on any atom is 0.142 e. The van der Waals surface area contributed by atoms with Gasteiger partial charge in [0, 0.05) is 13.1 Å². The van der Waals surface area contributed by atoms with E-state index < -0.39 is 0 Å². The van der Waals surface area contributed by atoms with Crippen molar-refractivity contribution in [1.82, 2.24) is 0 Å². The molecule has 0 atom stereocenters. The highest BCUT2D eigenvalue weighted by Gasteiger charge is 2.07. The van der Waals surface area contributed by atoms with Crippen LogP contribution in [0.2, 0.25) is 0 Å². The molecule has 16 heavy (non-hydrogen) atoms. The van der Waals surface area contributed by atoms with E-state index in [1.54, 1.807) is 7.11 Å². The predicted octanol–water partition coefficient (Wildman–Crippen LogP) is 3.43. The Kier molecular flexibility index (Phi) is 7.38. The van der Waals surface area contributed by atoms with Crippen molar-refractivity contribution in [3.63, 3.8) is 0 Å². The van der Waals surface area contributed by atoms with Gasteiger partial charge in [0.1, 0.15) is 5.75 Å². The summed E-state index contributed by atoms with van der Waals surface area (Å²) in [4.78, 5) is 2.04. The highest BCUT2D eigenvalue weighted by atomic mass is 35.5. The first-order valence-electron chi connectivity index (χ1n) is 4.96. The lowest BCUT2D eigenvalue weighted by Crippen LogP contribution is -2.23. The third-order valence-electron chi connectivity index (χ3n) is 2.22. The molecule has 0 unspecified atom stereocenters. The Bertz CT molecular complexity index is 331. The Labute approximate surface area is 102 Å². The fraction of sp³-hybridized carbons (Fsp3) is 0.333. The molecular weight excluding hydrogens is 229 g/mol. The third-order valence-corrected chi connectivity index (χ3v) is 2.22.